The Morgan fingerprint density at radius 1 is 1.38 bits per heavy atom. The van der Waals surface area contributed by atoms with Gasteiger partial charge in [-0.15, -0.1) is 13.2 Å². The molecule has 0 radical (unpaired) electrons. The zero-order valence-electron chi connectivity index (χ0n) is 12.2. The van der Waals surface area contributed by atoms with Crippen molar-refractivity contribution in [2.45, 2.75) is 31.9 Å². The highest BCUT2D eigenvalue weighted by atomic mass is 19.4. The summed E-state index contributed by atoms with van der Waals surface area (Å²) in [6.07, 6.45) is -0.543. The number of hydrogen-bond donors (Lipinski definition) is 1. The van der Waals surface area contributed by atoms with E-state index in [1.165, 1.54) is 12.3 Å². The number of halogens is 3. The minimum atomic E-state index is -4.80. The molecular formula is C14H12F3N3O4. The summed E-state index contributed by atoms with van der Waals surface area (Å²) in [6.45, 7) is -0.0264. The highest BCUT2D eigenvalue weighted by Crippen LogP contribution is 2.22. The minimum Gasteiger partial charge on any atom is -0.486 e. The van der Waals surface area contributed by atoms with E-state index >= 15 is 0 Å². The summed E-state index contributed by atoms with van der Waals surface area (Å²) >= 11 is 0. The second-order valence-electron chi connectivity index (χ2n) is 5.06. The number of alkyl halides is 3. The van der Waals surface area contributed by atoms with Crippen molar-refractivity contribution in [2.24, 2.45) is 0 Å². The number of oxazole rings is 1. The summed E-state index contributed by atoms with van der Waals surface area (Å²) in [7, 11) is 0. The lowest BCUT2D eigenvalue weighted by Gasteiger charge is -2.08. The van der Waals surface area contributed by atoms with E-state index in [1.807, 2.05) is 0 Å². The zero-order valence-corrected chi connectivity index (χ0v) is 12.2. The van der Waals surface area contributed by atoms with Gasteiger partial charge < -0.3 is 19.2 Å². The molecule has 0 unspecified atom stereocenters. The van der Waals surface area contributed by atoms with Crippen LogP contribution >= 0.6 is 0 Å². The molecule has 2 aromatic heterocycles. The first-order chi connectivity index (χ1) is 11.4. The van der Waals surface area contributed by atoms with Crippen molar-refractivity contribution in [3.8, 4) is 11.6 Å². The van der Waals surface area contributed by atoms with E-state index in [4.69, 9.17) is 9.15 Å². The maximum atomic E-state index is 12.0. The molecule has 128 valence electrons. The van der Waals surface area contributed by atoms with Crippen LogP contribution in [0.2, 0.25) is 0 Å². The Hall–Kier alpha value is -2.78. The normalized spacial score (nSPS) is 14.3. The van der Waals surface area contributed by atoms with Crippen LogP contribution in [0, 0.1) is 0 Å². The second kappa shape index (κ2) is 6.38. The summed E-state index contributed by atoms with van der Waals surface area (Å²) in [5.41, 5.74) is 0.367. The predicted octanol–water partition coefficient (Wildman–Crippen LogP) is 2.44. The number of pyridine rings is 1. The molecule has 1 N–H and O–H groups in total. The van der Waals surface area contributed by atoms with Crippen molar-refractivity contribution in [1.29, 1.82) is 0 Å². The molecule has 0 saturated heterocycles. The molecular weight excluding hydrogens is 331 g/mol. The number of carbonyl (C=O) groups is 1. The first-order valence-electron chi connectivity index (χ1n) is 6.99. The van der Waals surface area contributed by atoms with E-state index in [9.17, 15) is 18.0 Å². The monoisotopic (exact) mass is 343 g/mol. The average Bonchev–Trinajstić information content (AvgIpc) is 3.19. The van der Waals surface area contributed by atoms with Gasteiger partial charge in [0.2, 0.25) is 5.88 Å². The third-order valence-corrected chi connectivity index (χ3v) is 2.97. The van der Waals surface area contributed by atoms with Gasteiger partial charge in [0.25, 0.3) is 5.89 Å². The second-order valence-corrected chi connectivity index (χ2v) is 5.06. The molecule has 2 heterocycles. The van der Waals surface area contributed by atoms with E-state index in [0.29, 0.717) is 5.69 Å². The van der Waals surface area contributed by atoms with Crippen molar-refractivity contribution >= 4 is 5.91 Å². The highest BCUT2D eigenvalue weighted by molar-refractivity contribution is 5.90. The number of aromatic nitrogens is 2. The van der Waals surface area contributed by atoms with Crippen LogP contribution < -0.4 is 14.8 Å². The molecule has 0 atom stereocenters. The van der Waals surface area contributed by atoms with E-state index in [-0.39, 0.29) is 30.2 Å². The first-order valence-corrected chi connectivity index (χ1v) is 6.99. The summed E-state index contributed by atoms with van der Waals surface area (Å²) in [5, 5.41) is 2.73. The van der Waals surface area contributed by atoms with Crippen LogP contribution in [-0.4, -0.2) is 28.3 Å². The van der Waals surface area contributed by atoms with Gasteiger partial charge in [0.15, 0.2) is 0 Å². The molecule has 1 amide bonds. The summed E-state index contributed by atoms with van der Waals surface area (Å²) in [6, 6.07) is 2.49. The SMILES string of the molecule is O=C(NC1CC1)c1nc(COc2ccc(OC(F)(F)F)nc2)co1. The van der Waals surface area contributed by atoms with Crippen molar-refractivity contribution in [1.82, 2.24) is 15.3 Å². The third kappa shape index (κ3) is 4.61. The Bertz CT molecular complexity index is 711. The summed E-state index contributed by atoms with van der Waals surface area (Å²) in [4.78, 5) is 19.2. The van der Waals surface area contributed by atoms with Gasteiger partial charge in [0, 0.05) is 12.1 Å². The fraction of sp³-hybridized carbons (Fsp3) is 0.357. The topological polar surface area (TPSA) is 86.5 Å². The van der Waals surface area contributed by atoms with Gasteiger partial charge in [-0.05, 0) is 18.9 Å². The number of amides is 1. The molecule has 0 aliphatic heterocycles. The van der Waals surface area contributed by atoms with Gasteiger partial charge >= 0.3 is 12.3 Å². The van der Waals surface area contributed by atoms with E-state index < -0.39 is 12.2 Å². The zero-order chi connectivity index (χ0) is 17.2. The van der Waals surface area contributed by atoms with E-state index in [2.05, 4.69) is 20.0 Å². The van der Waals surface area contributed by atoms with Gasteiger partial charge in [-0.3, -0.25) is 4.79 Å². The van der Waals surface area contributed by atoms with Gasteiger partial charge in [0.1, 0.15) is 24.3 Å². The van der Waals surface area contributed by atoms with Crippen LogP contribution in [0.4, 0.5) is 13.2 Å². The summed E-state index contributed by atoms with van der Waals surface area (Å²) in [5.74, 6) is -0.821. The maximum absolute atomic E-state index is 12.0. The average molecular weight is 343 g/mol. The minimum absolute atomic E-state index is 0.0264. The van der Waals surface area contributed by atoms with Crippen molar-refractivity contribution in [3.05, 3.63) is 36.2 Å². The maximum Gasteiger partial charge on any atom is 0.574 e. The lowest BCUT2D eigenvalue weighted by atomic mass is 10.4. The molecule has 1 aliphatic carbocycles. The van der Waals surface area contributed by atoms with Crippen molar-refractivity contribution in [3.63, 3.8) is 0 Å². The van der Waals surface area contributed by atoms with Gasteiger partial charge in [-0.2, -0.15) is 0 Å². The molecule has 2 aromatic rings. The standard InChI is InChI=1S/C14H12F3N3O4/c15-14(16,17)24-11-4-3-10(5-18-11)22-6-9-7-23-13(20-9)12(21)19-8-1-2-8/h3-5,7-8H,1-2,6H2,(H,19,21). The van der Waals surface area contributed by atoms with Crippen molar-refractivity contribution in [2.75, 3.05) is 0 Å². The predicted molar refractivity (Wildman–Crippen MR) is 72.2 cm³/mol. The Morgan fingerprint density at radius 2 is 2.17 bits per heavy atom. The van der Waals surface area contributed by atoms with E-state index in [1.54, 1.807) is 0 Å². The molecule has 1 saturated carbocycles. The largest absolute Gasteiger partial charge is 0.574 e. The molecule has 1 fully saturated rings. The fourth-order valence-corrected chi connectivity index (χ4v) is 1.74. The molecule has 0 bridgehead atoms. The number of hydrogen-bond acceptors (Lipinski definition) is 6. The Balaban J connectivity index is 1.52. The Kier molecular flexibility index (Phi) is 4.28. The van der Waals surface area contributed by atoms with Crippen LogP contribution in [0.5, 0.6) is 11.6 Å². The summed E-state index contributed by atoms with van der Waals surface area (Å²) < 4.78 is 50.1. The smallest absolute Gasteiger partial charge is 0.486 e. The molecule has 24 heavy (non-hydrogen) atoms. The van der Waals surface area contributed by atoms with Crippen LogP contribution in [0.3, 0.4) is 0 Å². The van der Waals surface area contributed by atoms with Crippen molar-refractivity contribution < 1.29 is 31.9 Å². The van der Waals surface area contributed by atoms with Crippen LogP contribution in [0.25, 0.3) is 0 Å². The van der Waals surface area contributed by atoms with Crippen LogP contribution in [0.1, 0.15) is 29.2 Å². The van der Waals surface area contributed by atoms with Gasteiger partial charge in [-0.25, -0.2) is 9.97 Å². The van der Waals surface area contributed by atoms with Crippen LogP contribution in [0.15, 0.2) is 29.0 Å². The number of ether oxygens (including phenoxy) is 2. The Labute approximate surface area is 133 Å². The quantitative estimate of drug-likeness (QED) is 0.867. The number of carbonyl (C=O) groups excluding carboxylic acids is 1. The third-order valence-electron chi connectivity index (χ3n) is 2.97. The Morgan fingerprint density at radius 3 is 2.79 bits per heavy atom. The number of nitrogens with one attached hydrogen (secondary N) is 1. The molecule has 10 heteroatoms. The number of rotatable bonds is 6. The molecule has 3 rings (SSSR count). The fourth-order valence-electron chi connectivity index (χ4n) is 1.74. The van der Waals surface area contributed by atoms with Gasteiger partial charge in [-0.1, -0.05) is 0 Å². The lowest BCUT2D eigenvalue weighted by molar-refractivity contribution is -0.276. The van der Waals surface area contributed by atoms with Gasteiger partial charge in [0.05, 0.1) is 6.20 Å². The van der Waals surface area contributed by atoms with E-state index in [0.717, 1.165) is 25.1 Å². The number of nitrogens with zero attached hydrogens (tertiary/aromatic N) is 2. The lowest BCUT2D eigenvalue weighted by Crippen LogP contribution is -2.25. The molecule has 1 aliphatic rings. The molecule has 0 spiro atoms. The molecule has 0 aromatic carbocycles. The molecule has 7 nitrogen and oxygen atoms in total. The highest BCUT2D eigenvalue weighted by Gasteiger charge is 2.31. The first kappa shape index (κ1) is 16.1. The van der Waals surface area contributed by atoms with Crippen LogP contribution in [-0.2, 0) is 6.61 Å².